The van der Waals surface area contributed by atoms with Crippen LogP contribution >= 0.6 is 0 Å². The Balaban J connectivity index is 2.15. The molecule has 1 unspecified atom stereocenters. The zero-order chi connectivity index (χ0) is 13.5. The highest BCUT2D eigenvalue weighted by atomic mass is 14.9. The molecule has 2 nitrogen and oxygen atoms in total. The summed E-state index contributed by atoms with van der Waals surface area (Å²) in [6.07, 6.45) is 7.08. The van der Waals surface area contributed by atoms with Crippen molar-refractivity contribution in [3.05, 3.63) is 65.5 Å². The normalized spacial score (nSPS) is 12.3. The van der Waals surface area contributed by atoms with E-state index in [4.69, 9.17) is 0 Å². The van der Waals surface area contributed by atoms with Gasteiger partial charge in [0.05, 0.1) is 0 Å². The van der Waals surface area contributed by atoms with Gasteiger partial charge in [-0.1, -0.05) is 43.7 Å². The first kappa shape index (κ1) is 13.8. The molecule has 0 amide bonds. The van der Waals surface area contributed by atoms with Gasteiger partial charge < -0.3 is 5.32 Å². The van der Waals surface area contributed by atoms with Crippen molar-refractivity contribution in [2.45, 2.75) is 32.2 Å². The monoisotopic (exact) mass is 254 g/mol. The Morgan fingerprint density at radius 1 is 1.16 bits per heavy atom. The number of nitrogens with zero attached hydrogens (tertiary/aromatic N) is 1. The number of likely N-dealkylation sites (N-methyl/N-ethyl adjacent to an activating group) is 1. The van der Waals surface area contributed by atoms with Crippen LogP contribution in [0, 0.1) is 0 Å². The molecule has 0 aliphatic rings. The van der Waals surface area contributed by atoms with E-state index in [-0.39, 0.29) is 0 Å². The predicted octanol–water partition coefficient (Wildman–Crippen LogP) is 3.54. The number of pyridine rings is 1. The first-order valence-corrected chi connectivity index (χ1v) is 6.98. The van der Waals surface area contributed by atoms with Crippen LogP contribution in [0.2, 0.25) is 0 Å². The molecule has 100 valence electrons. The summed E-state index contributed by atoms with van der Waals surface area (Å²) >= 11 is 0. The maximum Gasteiger partial charge on any atom is 0.0359 e. The van der Waals surface area contributed by atoms with Gasteiger partial charge in [-0.25, -0.2) is 0 Å². The summed E-state index contributed by atoms with van der Waals surface area (Å²) in [5, 5.41) is 3.41. The number of hydrogen-bond donors (Lipinski definition) is 1. The third-order valence-corrected chi connectivity index (χ3v) is 3.40. The summed E-state index contributed by atoms with van der Waals surface area (Å²) in [7, 11) is 2.02. The van der Waals surface area contributed by atoms with Crippen LogP contribution in [0.3, 0.4) is 0 Å². The van der Waals surface area contributed by atoms with Crippen molar-refractivity contribution >= 4 is 0 Å². The van der Waals surface area contributed by atoms with Gasteiger partial charge >= 0.3 is 0 Å². The molecule has 0 spiro atoms. The van der Waals surface area contributed by atoms with Crippen molar-refractivity contribution in [3.63, 3.8) is 0 Å². The van der Waals surface area contributed by atoms with Crippen LogP contribution in [0.5, 0.6) is 0 Å². The topological polar surface area (TPSA) is 24.9 Å². The fourth-order valence-electron chi connectivity index (χ4n) is 2.40. The molecule has 1 aromatic carbocycles. The molecule has 19 heavy (non-hydrogen) atoms. The second-order valence-corrected chi connectivity index (χ2v) is 4.90. The van der Waals surface area contributed by atoms with E-state index in [1.807, 2.05) is 25.5 Å². The van der Waals surface area contributed by atoms with Gasteiger partial charge in [-0.2, -0.15) is 0 Å². The second-order valence-electron chi connectivity index (χ2n) is 4.90. The third-order valence-electron chi connectivity index (χ3n) is 3.40. The maximum atomic E-state index is 4.18. The van der Waals surface area contributed by atoms with Gasteiger partial charge in [0.1, 0.15) is 0 Å². The van der Waals surface area contributed by atoms with Crippen LogP contribution in [0.4, 0.5) is 0 Å². The maximum absolute atomic E-state index is 4.18. The lowest BCUT2D eigenvalue weighted by molar-refractivity contribution is 0.590. The molecule has 0 aliphatic heterocycles. The molecular weight excluding hydrogens is 232 g/mol. The molecule has 0 radical (unpaired) electrons. The summed E-state index contributed by atoms with van der Waals surface area (Å²) in [5.74, 6) is 0. The number of benzene rings is 1. The molecular formula is C17H22N2. The Labute approximate surface area is 115 Å². The molecule has 0 bridgehead atoms. The molecule has 0 saturated carbocycles. The molecule has 1 heterocycles. The number of aryl methyl sites for hydroxylation is 1. The summed E-state index contributed by atoms with van der Waals surface area (Å²) < 4.78 is 0. The molecule has 2 aromatic rings. The van der Waals surface area contributed by atoms with E-state index in [1.165, 1.54) is 23.1 Å². The Kier molecular flexibility index (Phi) is 5.10. The second kappa shape index (κ2) is 7.05. The zero-order valence-electron chi connectivity index (χ0n) is 11.8. The summed E-state index contributed by atoms with van der Waals surface area (Å²) in [6, 6.07) is 13.4. The predicted molar refractivity (Wildman–Crippen MR) is 80.2 cm³/mol. The lowest BCUT2D eigenvalue weighted by atomic mass is 9.97. The van der Waals surface area contributed by atoms with Crippen molar-refractivity contribution in [2.24, 2.45) is 0 Å². The summed E-state index contributed by atoms with van der Waals surface area (Å²) in [5.41, 5.74) is 4.05. The largest absolute Gasteiger partial charge is 0.313 e. The van der Waals surface area contributed by atoms with Crippen LogP contribution < -0.4 is 5.32 Å². The van der Waals surface area contributed by atoms with Gasteiger partial charge in [-0.05, 0) is 42.6 Å². The highest BCUT2D eigenvalue weighted by molar-refractivity contribution is 5.27. The van der Waals surface area contributed by atoms with Gasteiger partial charge in [-0.3, -0.25) is 4.98 Å². The van der Waals surface area contributed by atoms with Gasteiger partial charge in [0, 0.05) is 18.4 Å². The first-order valence-electron chi connectivity index (χ1n) is 6.98. The van der Waals surface area contributed by atoms with Crippen LogP contribution in [0.1, 0.15) is 36.1 Å². The first-order chi connectivity index (χ1) is 9.33. The molecule has 0 fully saturated rings. The number of nitrogens with one attached hydrogen (secondary N) is 1. The van der Waals surface area contributed by atoms with Crippen LogP contribution in [-0.4, -0.2) is 12.0 Å². The highest BCUT2D eigenvalue weighted by Gasteiger charge is 2.10. The smallest absolute Gasteiger partial charge is 0.0359 e. The van der Waals surface area contributed by atoms with Crippen LogP contribution in [-0.2, 0) is 12.8 Å². The summed E-state index contributed by atoms with van der Waals surface area (Å²) in [4.78, 5) is 4.18. The fraction of sp³-hybridized carbons (Fsp3) is 0.353. The Morgan fingerprint density at radius 3 is 2.68 bits per heavy atom. The quantitative estimate of drug-likeness (QED) is 0.853. The average molecular weight is 254 g/mol. The van der Waals surface area contributed by atoms with Crippen molar-refractivity contribution in [2.75, 3.05) is 7.05 Å². The van der Waals surface area contributed by atoms with E-state index >= 15 is 0 Å². The highest BCUT2D eigenvalue weighted by Crippen LogP contribution is 2.19. The molecule has 1 N–H and O–H groups in total. The van der Waals surface area contributed by atoms with Crippen LogP contribution in [0.25, 0.3) is 0 Å². The molecule has 0 aliphatic carbocycles. The lowest BCUT2D eigenvalue weighted by Gasteiger charge is -2.17. The SMILES string of the molecule is CCCc1cccc(C(Cc2cccnc2)NC)c1. The van der Waals surface area contributed by atoms with E-state index in [0.717, 1.165) is 12.8 Å². The van der Waals surface area contributed by atoms with Crippen LogP contribution in [0.15, 0.2) is 48.8 Å². The van der Waals surface area contributed by atoms with Gasteiger partial charge in [0.2, 0.25) is 0 Å². The standard InChI is InChI=1S/C17H22N2/c1-3-6-14-7-4-9-16(11-14)17(18-2)12-15-8-5-10-19-13-15/h4-5,7-11,13,17-18H,3,6,12H2,1-2H3. The zero-order valence-corrected chi connectivity index (χ0v) is 11.8. The van der Waals surface area contributed by atoms with Crippen molar-refractivity contribution < 1.29 is 0 Å². The van der Waals surface area contributed by atoms with E-state index < -0.39 is 0 Å². The molecule has 2 rings (SSSR count). The molecule has 1 atom stereocenters. The van der Waals surface area contributed by atoms with Gasteiger partial charge in [0.25, 0.3) is 0 Å². The summed E-state index contributed by atoms with van der Waals surface area (Å²) in [6.45, 7) is 2.22. The van der Waals surface area contributed by atoms with Crippen molar-refractivity contribution in [1.82, 2.24) is 10.3 Å². The number of hydrogen-bond acceptors (Lipinski definition) is 2. The van der Waals surface area contributed by atoms with E-state index in [0.29, 0.717) is 6.04 Å². The van der Waals surface area contributed by atoms with E-state index in [9.17, 15) is 0 Å². The number of rotatable bonds is 6. The molecule has 1 aromatic heterocycles. The minimum absolute atomic E-state index is 0.348. The Bertz CT molecular complexity index is 494. The van der Waals surface area contributed by atoms with E-state index in [2.05, 4.69) is 47.6 Å². The lowest BCUT2D eigenvalue weighted by Crippen LogP contribution is -2.19. The Hall–Kier alpha value is -1.67. The number of aromatic nitrogens is 1. The molecule has 0 saturated heterocycles. The van der Waals surface area contributed by atoms with E-state index in [1.54, 1.807) is 0 Å². The van der Waals surface area contributed by atoms with Crippen molar-refractivity contribution in [3.8, 4) is 0 Å². The van der Waals surface area contributed by atoms with Gasteiger partial charge in [-0.15, -0.1) is 0 Å². The fourth-order valence-corrected chi connectivity index (χ4v) is 2.40. The third kappa shape index (κ3) is 3.90. The minimum atomic E-state index is 0.348. The molecule has 2 heteroatoms. The average Bonchev–Trinajstić information content (AvgIpc) is 2.46. The Morgan fingerprint density at radius 2 is 2.00 bits per heavy atom. The van der Waals surface area contributed by atoms with Crippen molar-refractivity contribution in [1.29, 1.82) is 0 Å². The minimum Gasteiger partial charge on any atom is -0.313 e. The van der Waals surface area contributed by atoms with Gasteiger partial charge in [0.15, 0.2) is 0 Å².